The lowest BCUT2D eigenvalue weighted by Crippen LogP contribution is -2.40. The second kappa shape index (κ2) is 9.14. The van der Waals surface area contributed by atoms with Crippen LogP contribution in [0.25, 0.3) is 0 Å². The number of aromatic nitrogens is 1. The van der Waals surface area contributed by atoms with E-state index in [-0.39, 0.29) is 29.8 Å². The Morgan fingerprint density at radius 3 is 2.39 bits per heavy atom. The fourth-order valence-corrected chi connectivity index (χ4v) is 6.79. The first kappa shape index (κ1) is 23.6. The highest BCUT2D eigenvalue weighted by molar-refractivity contribution is 9.10. The smallest absolute Gasteiger partial charge is 0.195 e. The van der Waals surface area contributed by atoms with Gasteiger partial charge in [0, 0.05) is 54.7 Å². The van der Waals surface area contributed by atoms with Crippen molar-refractivity contribution in [1.29, 1.82) is 0 Å². The molecule has 1 aliphatic heterocycles. The van der Waals surface area contributed by atoms with Gasteiger partial charge in [-0.05, 0) is 83.6 Å². The number of fused-ring (bicyclic) bond motifs is 1. The maximum atomic E-state index is 11.8. The Balaban J connectivity index is 1.61. The summed E-state index contributed by atoms with van der Waals surface area (Å²) in [5, 5.41) is 13.7. The van der Waals surface area contributed by atoms with Gasteiger partial charge >= 0.3 is 0 Å². The van der Waals surface area contributed by atoms with Crippen LogP contribution in [0.5, 0.6) is 0 Å². The van der Waals surface area contributed by atoms with E-state index in [0.29, 0.717) is 15.1 Å². The normalized spacial score (nSPS) is 31.4. The third kappa shape index (κ3) is 4.24. The molecule has 6 atom stereocenters. The van der Waals surface area contributed by atoms with Gasteiger partial charge in [-0.1, -0.05) is 53.0 Å². The largest absolute Gasteiger partial charge is 0.362 e. The van der Waals surface area contributed by atoms with Crippen molar-refractivity contribution in [2.75, 3.05) is 0 Å². The highest BCUT2D eigenvalue weighted by Crippen LogP contribution is 2.60. The molecule has 0 spiro atoms. The first-order valence-corrected chi connectivity index (χ1v) is 12.9. The topological polar surface area (TPSA) is 42.4 Å². The van der Waals surface area contributed by atoms with Crippen molar-refractivity contribution < 1.29 is 9.84 Å². The van der Waals surface area contributed by atoms with Crippen molar-refractivity contribution in [2.45, 2.75) is 43.5 Å². The fourth-order valence-electron chi connectivity index (χ4n) is 5.88. The Hall–Kier alpha value is -1.14. The molecule has 0 radical (unpaired) electrons. The van der Waals surface area contributed by atoms with Gasteiger partial charge in [-0.25, -0.2) is 0 Å². The van der Waals surface area contributed by atoms with Gasteiger partial charge in [0.05, 0.1) is 6.10 Å². The third-order valence-electron chi connectivity index (χ3n) is 7.22. The van der Waals surface area contributed by atoms with E-state index in [0.717, 1.165) is 34.1 Å². The first-order chi connectivity index (χ1) is 15.8. The van der Waals surface area contributed by atoms with Crippen molar-refractivity contribution in [3.8, 4) is 0 Å². The number of hydrogen-bond donors (Lipinski definition) is 1. The van der Waals surface area contributed by atoms with Crippen LogP contribution in [-0.2, 0) is 10.5 Å². The van der Waals surface area contributed by atoms with Crippen LogP contribution in [0.2, 0.25) is 15.1 Å². The Morgan fingerprint density at radius 2 is 1.73 bits per heavy atom. The summed E-state index contributed by atoms with van der Waals surface area (Å²) in [6.45, 7) is 2.04. The van der Waals surface area contributed by atoms with E-state index >= 15 is 0 Å². The van der Waals surface area contributed by atoms with Crippen LogP contribution in [0.1, 0.15) is 48.4 Å². The number of nitrogens with zero attached hydrogens (tertiary/aromatic N) is 1. The van der Waals surface area contributed by atoms with Gasteiger partial charge in [0.2, 0.25) is 0 Å². The number of ether oxygens (including phenoxy) is 1. The zero-order valence-electron chi connectivity index (χ0n) is 17.9. The van der Waals surface area contributed by atoms with Gasteiger partial charge < -0.3 is 9.84 Å². The van der Waals surface area contributed by atoms with Gasteiger partial charge in [0.25, 0.3) is 0 Å². The van der Waals surface area contributed by atoms with Gasteiger partial charge in [0.15, 0.2) is 5.79 Å². The molecule has 0 bridgehead atoms. The number of rotatable bonds is 3. The standard InChI is InChI=1S/C26H23BrCl3NO2/c1-14-24-21(26(32,33-14)15-2-5-17(28)6-3-15)10-9-20(19-8-7-18(29)12-22(19)30)25(24)23-11-4-16(27)13-31-23/h2-8,11-14,20-21,24-25,32H,9-10H2,1H3/t14-,20+,21-,24-,25-,26+/m1/s1. The number of aliphatic hydroxyl groups is 1. The summed E-state index contributed by atoms with van der Waals surface area (Å²) in [6, 6.07) is 17.1. The molecule has 33 heavy (non-hydrogen) atoms. The molecule has 172 valence electrons. The van der Waals surface area contributed by atoms with E-state index in [1.54, 1.807) is 18.2 Å². The number of halogens is 4. The number of pyridine rings is 1. The van der Waals surface area contributed by atoms with Crippen LogP contribution in [0, 0.1) is 11.8 Å². The molecule has 1 aliphatic carbocycles. The average Bonchev–Trinajstić information content (AvgIpc) is 3.05. The molecule has 2 heterocycles. The summed E-state index contributed by atoms with van der Waals surface area (Å²) in [6.07, 6.45) is 3.28. The maximum absolute atomic E-state index is 11.8. The first-order valence-electron chi connectivity index (χ1n) is 11.0. The molecular weight excluding hydrogens is 545 g/mol. The summed E-state index contributed by atoms with van der Waals surface area (Å²) in [5.74, 6) is -1.27. The van der Waals surface area contributed by atoms with E-state index < -0.39 is 5.79 Å². The Bertz CT molecular complexity index is 1160. The predicted molar refractivity (Wildman–Crippen MR) is 136 cm³/mol. The van der Waals surface area contributed by atoms with E-state index in [1.165, 1.54) is 0 Å². The van der Waals surface area contributed by atoms with Crippen molar-refractivity contribution in [1.82, 2.24) is 4.98 Å². The van der Waals surface area contributed by atoms with Crippen LogP contribution >= 0.6 is 50.7 Å². The minimum absolute atomic E-state index is 0.0202. The molecule has 1 saturated heterocycles. The van der Waals surface area contributed by atoms with Crippen LogP contribution < -0.4 is 0 Å². The lowest BCUT2D eigenvalue weighted by molar-refractivity contribution is -0.220. The molecule has 3 nitrogen and oxygen atoms in total. The molecule has 5 rings (SSSR count). The van der Waals surface area contributed by atoms with Gasteiger partial charge in [-0.15, -0.1) is 0 Å². The lowest BCUT2D eigenvalue weighted by Gasteiger charge is -2.43. The molecule has 1 N–H and O–H groups in total. The molecular formula is C26H23BrCl3NO2. The maximum Gasteiger partial charge on any atom is 0.195 e. The number of benzene rings is 2. The Labute approximate surface area is 217 Å². The van der Waals surface area contributed by atoms with E-state index in [9.17, 15) is 5.11 Å². The molecule has 1 saturated carbocycles. The molecule has 1 aromatic heterocycles. The monoisotopic (exact) mass is 565 g/mol. The Morgan fingerprint density at radius 1 is 1.00 bits per heavy atom. The van der Waals surface area contributed by atoms with Gasteiger partial charge in [-0.2, -0.15) is 0 Å². The van der Waals surface area contributed by atoms with Crippen LogP contribution in [0.15, 0.2) is 65.3 Å². The summed E-state index contributed by atoms with van der Waals surface area (Å²) < 4.78 is 7.28. The highest BCUT2D eigenvalue weighted by atomic mass is 79.9. The van der Waals surface area contributed by atoms with Crippen LogP contribution in [0.4, 0.5) is 0 Å². The van der Waals surface area contributed by atoms with Crippen LogP contribution in [0.3, 0.4) is 0 Å². The molecule has 3 aromatic rings. The highest BCUT2D eigenvalue weighted by Gasteiger charge is 2.59. The molecule has 2 aliphatic rings. The van der Waals surface area contributed by atoms with Crippen molar-refractivity contribution in [2.24, 2.45) is 11.8 Å². The Kier molecular flexibility index (Phi) is 6.54. The second-order valence-corrected chi connectivity index (χ2v) is 11.2. The number of hydrogen-bond acceptors (Lipinski definition) is 3. The van der Waals surface area contributed by atoms with Gasteiger partial charge in [0.1, 0.15) is 0 Å². The second-order valence-electron chi connectivity index (χ2n) is 8.99. The van der Waals surface area contributed by atoms with Gasteiger partial charge in [-0.3, -0.25) is 4.98 Å². The summed E-state index contributed by atoms with van der Waals surface area (Å²) >= 11 is 22.5. The molecule has 2 aromatic carbocycles. The minimum Gasteiger partial charge on any atom is -0.362 e. The van der Waals surface area contributed by atoms with Crippen molar-refractivity contribution in [3.63, 3.8) is 0 Å². The minimum atomic E-state index is -1.38. The van der Waals surface area contributed by atoms with E-state index in [1.807, 2.05) is 43.5 Å². The quantitative estimate of drug-likeness (QED) is 0.349. The van der Waals surface area contributed by atoms with E-state index in [4.69, 9.17) is 44.5 Å². The fraction of sp³-hybridized carbons (Fsp3) is 0.346. The van der Waals surface area contributed by atoms with Crippen molar-refractivity contribution in [3.05, 3.63) is 97.2 Å². The lowest BCUT2D eigenvalue weighted by atomic mass is 9.60. The molecule has 0 amide bonds. The molecule has 7 heteroatoms. The SMILES string of the molecule is C[C@H]1O[C@@](O)(c2ccc(Cl)cc2)[C@@H]2CC[C@@H](c3ccc(Cl)cc3Cl)[C@H](c3ccc(Br)cn3)[C@@H]21. The zero-order chi connectivity index (χ0) is 23.3. The summed E-state index contributed by atoms with van der Waals surface area (Å²) in [4.78, 5) is 4.78. The summed E-state index contributed by atoms with van der Waals surface area (Å²) in [7, 11) is 0. The molecule has 2 fully saturated rings. The van der Waals surface area contributed by atoms with Crippen LogP contribution in [-0.4, -0.2) is 16.2 Å². The third-order valence-corrected chi connectivity index (χ3v) is 8.51. The zero-order valence-corrected chi connectivity index (χ0v) is 21.7. The predicted octanol–water partition coefficient (Wildman–Crippen LogP) is 7.96. The molecule has 0 unspecified atom stereocenters. The summed E-state index contributed by atoms with van der Waals surface area (Å²) in [5.41, 5.74) is 2.76. The average molecular weight is 568 g/mol. The van der Waals surface area contributed by atoms with E-state index in [2.05, 4.69) is 22.0 Å². The van der Waals surface area contributed by atoms with Crippen molar-refractivity contribution >= 4 is 50.7 Å².